The van der Waals surface area contributed by atoms with Crippen molar-refractivity contribution in [2.45, 2.75) is 6.42 Å². The molecule has 0 aromatic rings. The summed E-state index contributed by atoms with van der Waals surface area (Å²) in [6.45, 7) is 0.620. The number of hydrogen-bond acceptors (Lipinski definition) is 2. The number of carbonyl (C=O) groups is 1. The van der Waals surface area contributed by atoms with Crippen molar-refractivity contribution in [3.63, 3.8) is 0 Å². The van der Waals surface area contributed by atoms with Crippen molar-refractivity contribution in [1.82, 2.24) is 4.90 Å². The minimum atomic E-state index is -0.737. The van der Waals surface area contributed by atoms with Crippen molar-refractivity contribution in [1.29, 1.82) is 0 Å². The van der Waals surface area contributed by atoms with E-state index in [1.807, 2.05) is 19.0 Å². The molecule has 0 aliphatic carbocycles. The number of aliphatic carboxylic acids is 1. The Balaban J connectivity index is 3.05. The third-order valence-electron chi connectivity index (χ3n) is 0.773. The standard InChI is InChI=1S/C5H11NO2/c1-6(2)4-3-5(7)8/h3-4H2,1-2H3,(H,7,8)/i5+1. The maximum Gasteiger partial charge on any atom is 0.304 e. The lowest BCUT2D eigenvalue weighted by molar-refractivity contribution is -0.137. The SMILES string of the molecule is CN(C)CC[13C](=O)O. The van der Waals surface area contributed by atoms with Crippen molar-refractivity contribution < 1.29 is 9.90 Å². The van der Waals surface area contributed by atoms with Gasteiger partial charge in [0.1, 0.15) is 0 Å². The average molecular weight is 118 g/mol. The van der Waals surface area contributed by atoms with Crippen molar-refractivity contribution >= 4 is 5.97 Å². The molecule has 1 N–H and O–H groups in total. The zero-order valence-electron chi connectivity index (χ0n) is 5.22. The van der Waals surface area contributed by atoms with Crippen molar-refractivity contribution in [2.24, 2.45) is 0 Å². The van der Waals surface area contributed by atoms with Crippen LogP contribution < -0.4 is 0 Å². The molecular weight excluding hydrogens is 107 g/mol. The third kappa shape index (κ3) is 5.43. The van der Waals surface area contributed by atoms with Gasteiger partial charge in [0.25, 0.3) is 0 Å². The molecule has 0 amide bonds. The van der Waals surface area contributed by atoms with Gasteiger partial charge in [-0.3, -0.25) is 4.79 Å². The molecular formula is C5H11NO2. The van der Waals surface area contributed by atoms with Crippen LogP contribution in [-0.2, 0) is 4.79 Å². The maximum atomic E-state index is 9.88. The van der Waals surface area contributed by atoms with Crippen molar-refractivity contribution in [2.75, 3.05) is 20.6 Å². The monoisotopic (exact) mass is 118 g/mol. The second-order valence-corrected chi connectivity index (χ2v) is 1.95. The molecule has 0 unspecified atom stereocenters. The Morgan fingerprint density at radius 2 is 2.12 bits per heavy atom. The van der Waals surface area contributed by atoms with Crippen LogP contribution in [-0.4, -0.2) is 36.6 Å². The molecule has 0 aliphatic heterocycles. The first-order valence-corrected chi connectivity index (χ1v) is 2.49. The van der Waals surface area contributed by atoms with Crippen molar-refractivity contribution in [3.8, 4) is 0 Å². The van der Waals surface area contributed by atoms with Gasteiger partial charge in [0.05, 0.1) is 6.42 Å². The van der Waals surface area contributed by atoms with Gasteiger partial charge in [0.15, 0.2) is 0 Å². The van der Waals surface area contributed by atoms with Gasteiger partial charge in [0.2, 0.25) is 0 Å². The summed E-state index contributed by atoms with van der Waals surface area (Å²) < 4.78 is 0. The molecule has 0 rings (SSSR count). The number of hydrogen-bond donors (Lipinski definition) is 1. The molecule has 0 aromatic heterocycles. The van der Waals surface area contributed by atoms with E-state index in [2.05, 4.69) is 0 Å². The molecule has 48 valence electrons. The third-order valence-corrected chi connectivity index (χ3v) is 0.773. The Bertz CT molecular complexity index is 80.5. The minimum absolute atomic E-state index is 0.229. The molecule has 0 saturated heterocycles. The summed E-state index contributed by atoms with van der Waals surface area (Å²) in [6, 6.07) is 0. The highest BCUT2D eigenvalue weighted by atomic mass is 16.5. The maximum absolute atomic E-state index is 9.88. The summed E-state index contributed by atoms with van der Waals surface area (Å²) in [5, 5.41) is 8.14. The van der Waals surface area contributed by atoms with Gasteiger partial charge in [0, 0.05) is 6.54 Å². The molecule has 0 spiro atoms. The van der Waals surface area contributed by atoms with Gasteiger partial charge in [-0.1, -0.05) is 0 Å². The lowest BCUT2D eigenvalue weighted by Gasteiger charge is -2.04. The summed E-state index contributed by atoms with van der Waals surface area (Å²) in [7, 11) is 3.70. The number of carboxylic acids is 1. The fourth-order valence-corrected chi connectivity index (χ4v) is 0.319. The smallest absolute Gasteiger partial charge is 0.304 e. The Hall–Kier alpha value is -0.570. The molecule has 0 fully saturated rings. The van der Waals surface area contributed by atoms with Crippen LogP contribution in [0.3, 0.4) is 0 Å². The predicted molar refractivity (Wildman–Crippen MR) is 30.8 cm³/mol. The number of rotatable bonds is 3. The van der Waals surface area contributed by atoms with Crippen LogP contribution in [0.2, 0.25) is 0 Å². The molecule has 3 heteroatoms. The Labute approximate surface area is 48.9 Å². The number of nitrogens with zero attached hydrogens (tertiary/aromatic N) is 1. The number of carboxylic acid groups (broad SMARTS) is 1. The second-order valence-electron chi connectivity index (χ2n) is 1.95. The first-order chi connectivity index (χ1) is 3.63. The van der Waals surface area contributed by atoms with Gasteiger partial charge in [-0.15, -0.1) is 0 Å². The lowest BCUT2D eigenvalue weighted by atomic mass is 10.5. The average Bonchev–Trinajstić information content (AvgIpc) is 1.61. The van der Waals surface area contributed by atoms with E-state index in [0.717, 1.165) is 0 Å². The molecule has 3 nitrogen and oxygen atoms in total. The largest absolute Gasteiger partial charge is 0.481 e. The topological polar surface area (TPSA) is 40.5 Å². The first-order valence-electron chi connectivity index (χ1n) is 2.49. The van der Waals surface area contributed by atoms with E-state index >= 15 is 0 Å². The second kappa shape index (κ2) is 3.43. The van der Waals surface area contributed by atoms with Crippen molar-refractivity contribution in [3.05, 3.63) is 0 Å². The van der Waals surface area contributed by atoms with Crippen LogP contribution in [0.4, 0.5) is 0 Å². The molecule has 0 aromatic carbocycles. The quantitative estimate of drug-likeness (QED) is 0.531. The minimum Gasteiger partial charge on any atom is -0.481 e. The Kier molecular flexibility index (Phi) is 3.19. The molecule has 0 bridgehead atoms. The van der Waals surface area contributed by atoms with Gasteiger partial charge < -0.3 is 10.0 Å². The van der Waals surface area contributed by atoms with Gasteiger partial charge >= 0.3 is 5.97 Å². The molecule has 0 radical (unpaired) electrons. The molecule has 0 atom stereocenters. The normalized spacial score (nSPS) is 9.88. The predicted octanol–water partition coefficient (Wildman–Crippen LogP) is 0.0227. The highest BCUT2D eigenvalue weighted by Crippen LogP contribution is 1.80. The molecule has 0 saturated carbocycles. The fraction of sp³-hybridized carbons (Fsp3) is 0.800. The first kappa shape index (κ1) is 7.43. The zero-order chi connectivity index (χ0) is 6.57. The summed E-state index contributed by atoms with van der Waals surface area (Å²) >= 11 is 0. The van der Waals surface area contributed by atoms with Crippen LogP contribution in [0.15, 0.2) is 0 Å². The summed E-state index contributed by atoms with van der Waals surface area (Å²) in [5.41, 5.74) is 0. The van der Waals surface area contributed by atoms with E-state index in [0.29, 0.717) is 6.54 Å². The highest BCUT2D eigenvalue weighted by molar-refractivity contribution is 5.66. The van der Waals surface area contributed by atoms with E-state index in [1.165, 1.54) is 0 Å². The van der Waals surface area contributed by atoms with Crippen LogP contribution in [0.5, 0.6) is 0 Å². The fourth-order valence-electron chi connectivity index (χ4n) is 0.319. The van der Waals surface area contributed by atoms with Crippen LogP contribution in [0.25, 0.3) is 0 Å². The highest BCUT2D eigenvalue weighted by Gasteiger charge is 1.95. The lowest BCUT2D eigenvalue weighted by Crippen LogP contribution is -2.15. The Morgan fingerprint density at radius 1 is 1.62 bits per heavy atom. The van der Waals surface area contributed by atoms with Crippen LogP contribution in [0, 0.1) is 0 Å². The molecule has 0 heterocycles. The zero-order valence-corrected chi connectivity index (χ0v) is 5.22. The van der Waals surface area contributed by atoms with Crippen LogP contribution in [0.1, 0.15) is 6.42 Å². The molecule has 0 aliphatic rings. The summed E-state index contributed by atoms with van der Waals surface area (Å²) in [4.78, 5) is 11.7. The van der Waals surface area contributed by atoms with Crippen LogP contribution >= 0.6 is 0 Å². The van der Waals surface area contributed by atoms with Gasteiger partial charge in [-0.05, 0) is 14.1 Å². The van der Waals surface area contributed by atoms with E-state index in [1.54, 1.807) is 0 Å². The van der Waals surface area contributed by atoms with Gasteiger partial charge in [-0.25, -0.2) is 0 Å². The van der Waals surface area contributed by atoms with Gasteiger partial charge in [-0.2, -0.15) is 0 Å². The summed E-state index contributed by atoms with van der Waals surface area (Å²) in [6.07, 6.45) is 0.229. The van der Waals surface area contributed by atoms with E-state index in [9.17, 15) is 4.79 Å². The Morgan fingerprint density at radius 3 is 2.25 bits per heavy atom. The van der Waals surface area contributed by atoms with E-state index < -0.39 is 5.97 Å². The summed E-state index contributed by atoms with van der Waals surface area (Å²) in [5.74, 6) is -0.737. The molecule has 8 heavy (non-hydrogen) atoms. The van der Waals surface area contributed by atoms with E-state index in [4.69, 9.17) is 5.11 Å². The van der Waals surface area contributed by atoms with E-state index in [-0.39, 0.29) is 6.42 Å².